The summed E-state index contributed by atoms with van der Waals surface area (Å²) in [4.78, 5) is 23.9. The van der Waals surface area contributed by atoms with Crippen molar-refractivity contribution in [3.05, 3.63) is 65.7 Å². The second kappa shape index (κ2) is 9.18. The Morgan fingerprint density at radius 2 is 1.70 bits per heavy atom. The summed E-state index contributed by atoms with van der Waals surface area (Å²) >= 11 is 0. The smallest absolute Gasteiger partial charge is 0.329 e. The summed E-state index contributed by atoms with van der Waals surface area (Å²) < 4.78 is 32.6. The predicted octanol–water partition coefficient (Wildman–Crippen LogP) is 1.82. The van der Waals surface area contributed by atoms with E-state index in [-0.39, 0.29) is 24.7 Å². The van der Waals surface area contributed by atoms with E-state index in [1.54, 1.807) is 12.1 Å². The third-order valence-electron chi connectivity index (χ3n) is 3.47. The Balaban J connectivity index is 2.08. The largest absolute Gasteiger partial charge is 0.459 e. The summed E-state index contributed by atoms with van der Waals surface area (Å²) in [7, 11) is -3.66. The number of hydrogen-bond acceptors (Lipinski definition) is 6. The van der Waals surface area contributed by atoms with Crippen LogP contribution in [0.15, 0.2) is 54.6 Å². The summed E-state index contributed by atoms with van der Waals surface area (Å²) in [6.07, 6.45) is 1.08. The number of nitrogens with one attached hydrogen (secondary N) is 1. The van der Waals surface area contributed by atoms with Crippen molar-refractivity contribution in [2.75, 3.05) is 6.26 Å². The number of rotatable bonds is 8. The van der Waals surface area contributed by atoms with E-state index in [1.807, 2.05) is 30.3 Å². The van der Waals surface area contributed by atoms with Crippen molar-refractivity contribution in [1.82, 2.24) is 5.32 Å². The highest BCUT2D eigenvalue weighted by Gasteiger charge is 2.22. The van der Waals surface area contributed by atoms with E-state index in [1.165, 1.54) is 19.1 Å². The summed E-state index contributed by atoms with van der Waals surface area (Å²) in [6, 6.07) is 14.6. The highest BCUT2D eigenvalue weighted by Crippen LogP contribution is 2.17. The Hall–Kier alpha value is -2.87. The minimum atomic E-state index is -3.66. The van der Waals surface area contributed by atoms with E-state index >= 15 is 0 Å². The highest BCUT2D eigenvalue weighted by molar-refractivity contribution is 7.86. The van der Waals surface area contributed by atoms with Gasteiger partial charge in [-0.25, -0.2) is 4.79 Å². The molecular formula is C19H21NO6S. The number of esters is 1. The van der Waals surface area contributed by atoms with Gasteiger partial charge in [-0.2, -0.15) is 8.42 Å². The molecule has 1 amide bonds. The molecule has 0 heterocycles. The molecular weight excluding hydrogens is 370 g/mol. The second-order valence-corrected chi connectivity index (χ2v) is 7.56. The van der Waals surface area contributed by atoms with Crippen LogP contribution < -0.4 is 9.50 Å². The molecule has 2 aromatic carbocycles. The molecule has 0 spiro atoms. The average Bonchev–Trinajstić information content (AvgIpc) is 2.58. The van der Waals surface area contributed by atoms with Crippen molar-refractivity contribution in [2.45, 2.75) is 26.0 Å². The third kappa shape index (κ3) is 7.49. The Bertz CT molecular complexity index is 895. The normalized spacial score (nSPS) is 12.1. The fourth-order valence-electron chi connectivity index (χ4n) is 2.40. The molecule has 0 saturated carbocycles. The molecule has 0 bridgehead atoms. The fourth-order valence-corrected chi connectivity index (χ4v) is 2.86. The molecule has 0 aliphatic carbocycles. The van der Waals surface area contributed by atoms with Gasteiger partial charge in [-0.05, 0) is 23.3 Å². The van der Waals surface area contributed by atoms with Crippen molar-refractivity contribution in [3.8, 4) is 5.75 Å². The van der Waals surface area contributed by atoms with Gasteiger partial charge in [-0.15, -0.1) is 0 Å². The van der Waals surface area contributed by atoms with E-state index in [4.69, 9.17) is 8.92 Å². The van der Waals surface area contributed by atoms with Gasteiger partial charge in [0.2, 0.25) is 5.91 Å². The second-order valence-electron chi connectivity index (χ2n) is 5.99. The van der Waals surface area contributed by atoms with E-state index in [0.29, 0.717) is 5.56 Å². The number of amides is 1. The van der Waals surface area contributed by atoms with Gasteiger partial charge >= 0.3 is 16.1 Å². The van der Waals surface area contributed by atoms with Crippen LogP contribution in [-0.4, -0.2) is 32.6 Å². The standard InChI is InChI=1S/C19H21NO6S/c1-14(21)20-18(19(22)25-13-15-7-4-3-5-8-15)12-16-9-6-10-17(11-16)26-27(2,23)24/h3-11,18H,12-13H2,1-2H3,(H,20,21)/t18-/m0/s1. The molecule has 8 heteroatoms. The molecule has 0 fully saturated rings. The number of benzene rings is 2. The lowest BCUT2D eigenvalue weighted by atomic mass is 10.1. The zero-order valence-corrected chi connectivity index (χ0v) is 15.9. The number of carbonyl (C=O) groups excluding carboxylic acids is 2. The first-order valence-electron chi connectivity index (χ1n) is 8.19. The quantitative estimate of drug-likeness (QED) is 0.544. The molecule has 0 aromatic heterocycles. The maximum atomic E-state index is 12.4. The summed E-state index contributed by atoms with van der Waals surface area (Å²) in [5.41, 5.74) is 1.45. The molecule has 144 valence electrons. The van der Waals surface area contributed by atoms with Crippen LogP contribution in [0, 0.1) is 0 Å². The van der Waals surface area contributed by atoms with Crippen LogP contribution in [0.4, 0.5) is 0 Å². The van der Waals surface area contributed by atoms with Gasteiger partial charge in [0, 0.05) is 13.3 Å². The maximum absolute atomic E-state index is 12.4. The lowest BCUT2D eigenvalue weighted by molar-refractivity contribution is -0.149. The van der Waals surface area contributed by atoms with Gasteiger partial charge in [0.05, 0.1) is 6.26 Å². The van der Waals surface area contributed by atoms with Crippen LogP contribution in [0.1, 0.15) is 18.1 Å². The van der Waals surface area contributed by atoms with Crippen LogP contribution in [0.5, 0.6) is 5.75 Å². The van der Waals surface area contributed by atoms with Crippen LogP contribution >= 0.6 is 0 Å². The first-order valence-corrected chi connectivity index (χ1v) is 10.0. The van der Waals surface area contributed by atoms with Crippen molar-refractivity contribution in [3.63, 3.8) is 0 Å². The van der Waals surface area contributed by atoms with E-state index in [2.05, 4.69) is 5.32 Å². The van der Waals surface area contributed by atoms with Gasteiger partial charge in [0.25, 0.3) is 0 Å². The molecule has 0 radical (unpaired) electrons. The maximum Gasteiger partial charge on any atom is 0.329 e. The minimum Gasteiger partial charge on any atom is -0.459 e. The SMILES string of the molecule is CC(=O)N[C@@H](Cc1cccc(OS(C)(=O)=O)c1)C(=O)OCc1ccccc1. The predicted molar refractivity (Wildman–Crippen MR) is 99.5 cm³/mol. The molecule has 0 saturated heterocycles. The molecule has 2 rings (SSSR count). The van der Waals surface area contributed by atoms with Crippen LogP contribution in [0.25, 0.3) is 0 Å². The molecule has 7 nitrogen and oxygen atoms in total. The summed E-state index contributed by atoms with van der Waals surface area (Å²) in [5.74, 6) is -0.821. The molecule has 1 N–H and O–H groups in total. The van der Waals surface area contributed by atoms with Crippen molar-refractivity contribution in [2.24, 2.45) is 0 Å². The monoisotopic (exact) mass is 391 g/mol. The summed E-state index contributed by atoms with van der Waals surface area (Å²) in [6.45, 7) is 1.40. The first-order chi connectivity index (χ1) is 12.7. The van der Waals surface area contributed by atoms with Gasteiger partial charge < -0.3 is 14.2 Å². The van der Waals surface area contributed by atoms with Crippen molar-refractivity contribution in [1.29, 1.82) is 0 Å². The van der Waals surface area contributed by atoms with Gasteiger partial charge in [-0.3, -0.25) is 4.79 Å². The lowest BCUT2D eigenvalue weighted by Crippen LogP contribution is -2.42. The zero-order valence-electron chi connectivity index (χ0n) is 15.0. The van der Waals surface area contributed by atoms with Crippen molar-refractivity contribution >= 4 is 22.0 Å². The molecule has 2 aromatic rings. The topological polar surface area (TPSA) is 98.8 Å². The lowest BCUT2D eigenvalue weighted by Gasteiger charge is -2.17. The Labute approximate surface area is 158 Å². The zero-order chi connectivity index (χ0) is 19.9. The van der Waals surface area contributed by atoms with Crippen LogP contribution in [0.3, 0.4) is 0 Å². The van der Waals surface area contributed by atoms with E-state index in [0.717, 1.165) is 11.8 Å². The number of ether oxygens (including phenoxy) is 1. The van der Waals surface area contributed by atoms with Crippen molar-refractivity contribution < 1.29 is 26.9 Å². The van der Waals surface area contributed by atoms with Crippen LogP contribution in [0.2, 0.25) is 0 Å². The van der Waals surface area contributed by atoms with Gasteiger partial charge in [0.1, 0.15) is 18.4 Å². The molecule has 0 unspecified atom stereocenters. The van der Waals surface area contributed by atoms with Gasteiger partial charge in [-0.1, -0.05) is 42.5 Å². The number of hydrogen-bond donors (Lipinski definition) is 1. The average molecular weight is 391 g/mol. The molecule has 1 atom stereocenters. The van der Waals surface area contributed by atoms with Gasteiger partial charge in [0.15, 0.2) is 0 Å². The Kier molecular flexibility index (Phi) is 6.95. The Morgan fingerprint density at radius 3 is 2.33 bits per heavy atom. The molecule has 0 aliphatic heterocycles. The number of carbonyl (C=O) groups is 2. The minimum absolute atomic E-state index is 0.0903. The third-order valence-corrected chi connectivity index (χ3v) is 3.97. The van der Waals surface area contributed by atoms with Crippen LogP contribution in [-0.2, 0) is 37.5 Å². The van der Waals surface area contributed by atoms with E-state index in [9.17, 15) is 18.0 Å². The fraction of sp³-hybridized carbons (Fsp3) is 0.263. The first kappa shape index (κ1) is 20.4. The molecule has 27 heavy (non-hydrogen) atoms. The highest BCUT2D eigenvalue weighted by atomic mass is 32.2. The van der Waals surface area contributed by atoms with E-state index < -0.39 is 22.1 Å². The molecule has 0 aliphatic rings. The summed E-state index contributed by atoms with van der Waals surface area (Å²) in [5, 5.41) is 2.56. The Morgan fingerprint density at radius 1 is 1.04 bits per heavy atom.